The first-order chi connectivity index (χ1) is 16.4. The Kier molecular flexibility index (Phi) is 10.8. The minimum Gasteiger partial charge on any atom is -0.480 e. The molecule has 5 heteroatoms. The van der Waals surface area contributed by atoms with Crippen LogP contribution in [0.15, 0.2) is 60.3 Å². The molecule has 0 fully saturated rings. The van der Waals surface area contributed by atoms with Gasteiger partial charge >= 0.3 is 5.97 Å². The van der Waals surface area contributed by atoms with Crippen LogP contribution in [0.25, 0.3) is 11.8 Å². The summed E-state index contributed by atoms with van der Waals surface area (Å²) in [5.74, 6) is 0.0865. The van der Waals surface area contributed by atoms with E-state index in [1.54, 1.807) is 7.05 Å². The number of carboxylic acid groups (broad SMARTS) is 1. The Morgan fingerprint density at radius 2 is 1.91 bits per heavy atom. The van der Waals surface area contributed by atoms with E-state index < -0.39 is 12.0 Å². The monoisotopic (exact) mass is 462 g/mol. The average molecular weight is 463 g/mol. The summed E-state index contributed by atoms with van der Waals surface area (Å²) in [6, 6.07) is 13.5. The highest BCUT2D eigenvalue weighted by atomic mass is 16.6. The fourth-order valence-corrected chi connectivity index (χ4v) is 3.85. The number of benzene rings is 2. The van der Waals surface area contributed by atoms with Gasteiger partial charge in [0.15, 0.2) is 5.76 Å². The molecule has 0 aliphatic carbocycles. The number of nitrogens with zero attached hydrogens (tertiary/aromatic N) is 1. The Morgan fingerprint density at radius 1 is 1.21 bits per heavy atom. The lowest BCUT2D eigenvalue weighted by Gasteiger charge is -2.17. The molecule has 0 heterocycles. The third kappa shape index (κ3) is 7.16. The van der Waals surface area contributed by atoms with Crippen molar-refractivity contribution in [3.05, 3.63) is 82.9 Å². The molecular weight excluding hydrogens is 424 g/mol. The summed E-state index contributed by atoms with van der Waals surface area (Å²) in [7, 11) is 1.66. The zero-order chi connectivity index (χ0) is 25.1. The van der Waals surface area contributed by atoms with E-state index in [4.69, 9.17) is 4.84 Å². The van der Waals surface area contributed by atoms with E-state index in [2.05, 4.69) is 50.0 Å². The Bertz CT molecular complexity index is 1020. The van der Waals surface area contributed by atoms with Gasteiger partial charge < -0.3 is 15.3 Å². The number of carboxylic acids is 1. The van der Waals surface area contributed by atoms with Crippen LogP contribution < -0.4 is 5.32 Å². The van der Waals surface area contributed by atoms with Gasteiger partial charge in [0, 0.05) is 5.56 Å². The predicted octanol–water partition coefficient (Wildman–Crippen LogP) is 6.64. The molecule has 0 aromatic heterocycles. The van der Waals surface area contributed by atoms with Crippen molar-refractivity contribution in [1.29, 1.82) is 0 Å². The number of oxime groups is 1. The molecule has 2 aromatic carbocycles. The molecule has 2 atom stereocenters. The highest BCUT2D eigenvalue weighted by molar-refractivity contribution is 6.00. The van der Waals surface area contributed by atoms with Gasteiger partial charge in [-0.05, 0) is 61.4 Å². The summed E-state index contributed by atoms with van der Waals surface area (Å²) in [6.07, 6.45) is 7.29. The zero-order valence-corrected chi connectivity index (χ0v) is 21.1. The maximum absolute atomic E-state index is 11.3. The summed E-state index contributed by atoms with van der Waals surface area (Å²) in [6.45, 7) is 12.7. The number of carbonyl (C=O) groups is 1. The number of nitrogens with one attached hydrogen (secondary N) is 1. The van der Waals surface area contributed by atoms with Gasteiger partial charge in [0.25, 0.3) is 0 Å². The third-order valence-electron chi connectivity index (χ3n) is 6.04. The Hall–Kier alpha value is -3.18. The lowest BCUT2D eigenvalue weighted by atomic mass is 9.90. The second-order valence-electron chi connectivity index (χ2n) is 8.50. The van der Waals surface area contributed by atoms with E-state index in [1.807, 2.05) is 49.4 Å². The quantitative estimate of drug-likeness (QED) is 0.199. The molecule has 0 radical (unpaired) electrons. The van der Waals surface area contributed by atoms with E-state index in [9.17, 15) is 9.90 Å². The van der Waals surface area contributed by atoms with E-state index >= 15 is 0 Å². The molecule has 2 unspecified atom stereocenters. The summed E-state index contributed by atoms with van der Waals surface area (Å²) < 4.78 is 0. The van der Waals surface area contributed by atoms with Crippen molar-refractivity contribution in [3.8, 4) is 0 Å². The second-order valence-corrected chi connectivity index (χ2v) is 8.50. The van der Waals surface area contributed by atoms with E-state index in [0.717, 1.165) is 47.2 Å². The van der Waals surface area contributed by atoms with Crippen LogP contribution in [0, 0.1) is 0 Å². The van der Waals surface area contributed by atoms with Crippen LogP contribution in [0.1, 0.15) is 80.7 Å². The minimum absolute atomic E-state index is 0.417. The van der Waals surface area contributed by atoms with Crippen LogP contribution in [-0.2, 0) is 16.1 Å². The summed E-state index contributed by atoms with van der Waals surface area (Å²) in [5, 5.41) is 16.6. The normalized spacial score (nSPS) is 13.6. The Morgan fingerprint density at radius 3 is 2.47 bits per heavy atom. The van der Waals surface area contributed by atoms with Crippen LogP contribution in [0.2, 0.25) is 0 Å². The molecule has 0 aliphatic heterocycles. The highest BCUT2D eigenvalue weighted by Gasteiger charge is 2.16. The number of rotatable bonds is 13. The summed E-state index contributed by atoms with van der Waals surface area (Å²) in [4.78, 5) is 17.2. The molecular formula is C29H38N2O3. The third-order valence-corrected chi connectivity index (χ3v) is 6.04. The first-order valence-corrected chi connectivity index (χ1v) is 12.0. The van der Waals surface area contributed by atoms with Crippen LogP contribution in [0.5, 0.6) is 0 Å². The Labute approximate surface area is 204 Å². The second kappa shape index (κ2) is 13.5. The molecule has 0 saturated heterocycles. The molecule has 2 rings (SSSR count). The van der Waals surface area contributed by atoms with Crippen LogP contribution in [0.4, 0.5) is 0 Å². The smallest absolute Gasteiger partial charge is 0.321 e. The average Bonchev–Trinajstić information content (AvgIpc) is 2.85. The van der Waals surface area contributed by atoms with Crippen molar-refractivity contribution in [2.75, 3.05) is 7.05 Å². The molecule has 34 heavy (non-hydrogen) atoms. The van der Waals surface area contributed by atoms with Gasteiger partial charge in [0.2, 0.25) is 0 Å². The van der Waals surface area contributed by atoms with E-state index in [1.165, 1.54) is 5.56 Å². The molecule has 0 amide bonds. The summed E-state index contributed by atoms with van der Waals surface area (Å²) in [5.41, 5.74) is 6.08. The molecule has 0 bridgehead atoms. The maximum atomic E-state index is 11.3. The maximum Gasteiger partial charge on any atom is 0.321 e. The lowest BCUT2D eigenvalue weighted by molar-refractivity contribution is -0.139. The van der Waals surface area contributed by atoms with Crippen molar-refractivity contribution in [2.24, 2.45) is 5.16 Å². The van der Waals surface area contributed by atoms with Crippen LogP contribution in [0.3, 0.4) is 0 Å². The van der Waals surface area contributed by atoms with Crippen molar-refractivity contribution in [3.63, 3.8) is 0 Å². The number of hydrogen-bond acceptors (Lipinski definition) is 4. The lowest BCUT2D eigenvalue weighted by Crippen LogP contribution is -2.35. The SMILES string of the molecule is C=C(O/N=C(\CCC)c1ccc(CC(NC)C(=O)O)cc1)c1cccc(C(C)CC)c1/C=C\C. The zero-order valence-electron chi connectivity index (χ0n) is 21.1. The van der Waals surface area contributed by atoms with Crippen LogP contribution in [-0.4, -0.2) is 29.9 Å². The molecule has 182 valence electrons. The van der Waals surface area contributed by atoms with Crippen molar-refractivity contribution < 1.29 is 14.7 Å². The van der Waals surface area contributed by atoms with Gasteiger partial charge in [-0.1, -0.05) is 93.5 Å². The molecule has 0 aliphatic rings. The van der Waals surface area contributed by atoms with Crippen molar-refractivity contribution >= 4 is 23.5 Å². The topological polar surface area (TPSA) is 70.9 Å². The highest BCUT2D eigenvalue weighted by Crippen LogP contribution is 2.30. The van der Waals surface area contributed by atoms with E-state index in [-0.39, 0.29) is 0 Å². The molecule has 0 saturated carbocycles. The number of aliphatic carboxylic acids is 1. The molecule has 2 N–H and O–H groups in total. The minimum atomic E-state index is -0.860. The standard InChI is InChI=1S/C29H38N2O3/c1-7-11-26-24(20(4)9-3)13-10-14-25(26)21(5)34-31-27(12-8-2)23-17-15-22(16-18-23)19-28(30-6)29(32)33/h7,10-11,13-18,20,28,30H,5,8-9,12,19H2,1-4,6H3,(H,32,33)/b11-7-,31-27+. The van der Waals surface area contributed by atoms with Crippen molar-refractivity contribution in [2.45, 2.75) is 65.3 Å². The van der Waals surface area contributed by atoms with Gasteiger partial charge in [0.05, 0.1) is 5.71 Å². The van der Waals surface area contributed by atoms with Gasteiger partial charge in [0.1, 0.15) is 6.04 Å². The molecule has 2 aromatic rings. The Balaban J connectivity index is 2.28. The van der Waals surface area contributed by atoms with Gasteiger partial charge in [-0.2, -0.15) is 0 Å². The van der Waals surface area contributed by atoms with Gasteiger partial charge in [-0.15, -0.1) is 0 Å². The fourth-order valence-electron chi connectivity index (χ4n) is 3.85. The molecule has 0 spiro atoms. The predicted molar refractivity (Wildman–Crippen MR) is 142 cm³/mol. The number of likely N-dealkylation sites (N-methyl/N-ethyl adjacent to an activating group) is 1. The summed E-state index contributed by atoms with van der Waals surface area (Å²) >= 11 is 0. The number of allylic oxidation sites excluding steroid dienone is 1. The largest absolute Gasteiger partial charge is 0.480 e. The van der Waals surface area contributed by atoms with Gasteiger partial charge in [-0.25, -0.2) is 0 Å². The fraction of sp³-hybridized carbons (Fsp3) is 0.379. The first kappa shape index (κ1) is 27.1. The van der Waals surface area contributed by atoms with Gasteiger partial charge in [-0.3, -0.25) is 4.79 Å². The first-order valence-electron chi connectivity index (χ1n) is 12.0. The molecule has 5 nitrogen and oxygen atoms in total. The van der Waals surface area contributed by atoms with Crippen molar-refractivity contribution in [1.82, 2.24) is 5.32 Å². The van der Waals surface area contributed by atoms with E-state index in [0.29, 0.717) is 18.1 Å². The van der Waals surface area contributed by atoms with Crippen LogP contribution >= 0.6 is 0 Å². The number of hydrogen-bond donors (Lipinski definition) is 2.